The largest absolute Gasteiger partial charge is 0.299 e. The first-order valence-corrected chi connectivity index (χ1v) is 7.01. The Morgan fingerprint density at radius 2 is 2.00 bits per heavy atom. The molecule has 0 unspecified atom stereocenters. The van der Waals surface area contributed by atoms with Gasteiger partial charge in [0.1, 0.15) is 0 Å². The van der Waals surface area contributed by atoms with Crippen molar-refractivity contribution in [3.05, 3.63) is 58.9 Å². The summed E-state index contributed by atoms with van der Waals surface area (Å²) in [5.41, 5.74) is 4.08. The molecule has 2 heterocycles. The highest BCUT2D eigenvalue weighted by atomic mass is 16.2. The predicted octanol–water partition coefficient (Wildman–Crippen LogP) is 2.68. The Hall–Kier alpha value is -2.49. The summed E-state index contributed by atoms with van der Waals surface area (Å²) in [6.45, 7) is 4.31. The molecule has 0 N–H and O–H groups in total. The third-order valence-corrected chi connectivity index (χ3v) is 3.87. The van der Waals surface area contributed by atoms with E-state index in [1.807, 2.05) is 44.2 Å². The summed E-state index contributed by atoms with van der Waals surface area (Å²) in [5, 5.41) is 0. The fourth-order valence-corrected chi connectivity index (χ4v) is 2.56. The third kappa shape index (κ3) is 2.23. The molecule has 0 fully saturated rings. The summed E-state index contributed by atoms with van der Waals surface area (Å²) in [6, 6.07) is 9.45. The van der Waals surface area contributed by atoms with Gasteiger partial charge in [-0.2, -0.15) is 0 Å². The molecule has 0 spiro atoms. The highest BCUT2D eigenvalue weighted by Gasteiger charge is 2.36. The van der Waals surface area contributed by atoms with E-state index in [0.29, 0.717) is 17.8 Å². The van der Waals surface area contributed by atoms with Crippen LogP contribution in [0.15, 0.2) is 36.5 Å². The average molecular weight is 280 g/mol. The topological polar surface area (TPSA) is 50.3 Å². The van der Waals surface area contributed by atoms with Crippen LogP contribution >= 0.6 is 0 Å². The van der Waals surface area contributed by atoms with E-state index >= 15 is 0 Å². The van der Waals surface area contributed by atoms with Gasteiger partial charge in [0, 0.05) is 6.20 Å². The van der Waals surface area contributed by atoms with E-state index in [-0.39, 0.29) is 0 Å². The SMILES string of the molecule is CCc1ccc2c(c1)C(=O)C(=O)N2Cc1ncccc1C. The van der Waals surface area contributed by atoms with Gasteiger partial charge >= 0.3 is 0 Å². The molecular formula is C17H16N2O2. The fourth-order valence-electron chi connectivity index (χ4n) is 2.56. The molecule has 0 saturated carbocycles. The summed E-state index contributed by atoms with van der Waals surface area (Å²) in [7, 11) is 0. The molecule has 0 aliphatic carbocycles. The molecule has 0 saturated heterocycles. The standard InChI is InChI=1S/C17H16N2O2/c1-3-12-6-7-15-13(9-12)16(20)17(21)19(15)10-14-11(2)5-4-8-18-14/h4-9H,3,10H2,1-2H3. The molecule has 0 radical (unpaired) electrons. The number of pyridine rings is 1. The van der Waals surface area contributed by atoms with E-state index in [1.165, 1.54) is 4.90 Å². The van der Waals surface area contributed by atoms with Gasteiger partial charge in [-0.1, -0.05) is 19.1 Å². The summed E-state index contributed by atoms with van der Waals surface area (Å²) >= 11 is 0. The monoisotopic (exact) mass is 280 g/mol. The number of anilines is 1. The zero-order chi connectivity index (χ0) is 15.0. The summed E-state index contributed by atoms with van der Waals surface area (Å²) in [6.07, 6.45) is 2.54. The highest BCUT2D eigenvalue weighted by molar-refractivity contribution is 6.52. The molecule has 4 nitrogen and oxygen atoms in total. The number of ketones is 1. The molecule has 3 rings (SSSR count). The van der Waals surface area contributed by atoms with E-state index in [9.17, 15) is 9.59 Å². The zero-order valence-electron chi connectivity index (χ0n) is 12.1. The van der Waals surface area contributed by atoms with E-state index in [4.69, 9.17) is 0 Å². The lowest BCUT2D eigenvalue weighted by Gasteiger charge is -2.17. The van der Waals surface area contributed by atoms with Gasteiger partial charge < -0.3 is 0 Å². The van der Waals surface area contributed by atoms with Crippen LogP contribution in [0.3, 0.4) is 0 Å². The van der Waals surface area contributed by atoms with Crippen LogP contribution in [0.5, 0.6) is 0 Å². The highest BCUT2D eigenvalue weighted by Crippen LogP contribution is 2.31. The lowest BCUT2D eigenvalue weighted by atomic mass is 10.1. The van der Waals surface area contributed by atoms with Crippen LogP contribution in [0.25, 0.3) is 0 Å². The molecular weight excluding hydrogens is 264 g/mol. The summed E-state index contributed by atoms with van der Waals surface area (Å²) in [5.74, 6) is -0.891. The summed E-state index contributed by atoms with van der Waals surface area (Å²) < 4.78 is 0. The van der Waals surface area contributed by atoms with Crippen LogP contribution in [0.2, 0.25) is 0 Å². The molecule has 1 aliphatic rings. The van der Waals surface area contributed by atoms with E-state index in [0.717, 1.165) is 23.2 Å². The predicted molar refractivity (Wildman–Crippen MR) is 80.3 cm³/mol. The minimum atomic E-state index is -0.469. The Morgan fingerprint density at radius 3 is 2.71 bits per heavy atom. The Labute approximate surface area is 123 Å². The van der Waals surface area contributed by atoms with E-state index < -0.39 is 11.7 Å². The molecule has 4 heteroatoms. The van der Waals surface area contributed by atoms with Gasteiger partial charge in [0.25, 0.3) is 11.7 Å². The van der Waals surface area contributed by atoms with Crippen molar-refractivity contribution in [2.24, 2.45) is 0 Å². The van der Waals surface area contributed by atoms with Gasteiger partial charge in [0.15, 0.2) is 0 Å². The van der Waals surface area contributed by atoms with Gasteiger partial charge in [-0.15, -0.1) is 0 Å². The number of rotatable bonds is 3. The number of hydrogen-bond acceptors (Lipinski definition) is 3. The first-order chi connectivity index (χ1) is 10.1. The molecule has 1 amide bonds. The van der Waals surface area contributed by atoms with Crippen molar-refractivity contribution in [1.29, 1.82) is 0 Å². The Morgan fingerprint density at radius 1 is 1.19 bits per heavy atom. The Kier molecular flexibility index (Phi) is 3.29. The van der Waals surface area contributed by atoms with Crippen molar-refractivity contribution in [3.8, 4) is 0 Å². The van der Waals surface area contributed by atoms with Crippen molar-refractivity contribution in [2.75, 3.05) is 4.90 Å². The molecule has 1 aromatic carbocycles. The molecule has 0 bridgehead atoms. The van der Waals surface area contributed by atoms with Crippen LogP contribution in [-0.2, 0) is 17.8 Å². The van der Waals surface area contributed by atoms with Gasteiger partial charge in [-0.25, -0.2) is 0 Å². The number of carbonyl (C=O) groups excluding carboxylic acids is 2. The lowest BCUT2D eigenvalue weighted by molar-refractivity contribution is -0.114. The number of aryl methyl sites for hydroxylation is 2. The molecule has 1 aliphatic heterocycles. The smallest absolute Gasteiger partial charge is 0.299 e. The second-order valence-electron chi connectivity index (χ2n) is 5.19. The van der Waals surface area contributed by atoms with Gasteiger partial charge in [0.2, 0.25) is 0 Å². The Balaban J connectivity index is 2.00. The van der Waals surface area contributed by atoms with Crippen molar-refractivity contribution in [1.82, 2.24) is 4.98 Å². The minimum Gasteiger partial charge on any atom is -0.299 e. The van der Waals surface area contributed by atoms with E-state index in [2.05, 4.69) is 4.98 Å². The maximum Gasteiger partial charge on any atom is 0.299 e. The summed E-state index contributed by atoms with van der Waals surface area (Å²) in [4.78, 5) is 30.2. The zero-order valence-corrected chi connectivity index (χ0v) is 12.1. The number of hydrogen-bond donors (Lipinski definition) is 0. The third-order valence-electron chi connectivity index (χ3n) is 3.87. The van der Waals surface area contributed by atoms with Crippen molar-refractivity contribution in [3.63, 3.8) is 0 Å². The fraction of sp³-hybridized carbons (Fsp3) is 0.235. The van der Waals surface area contributed by atoms with E-state index in [1.54, 1.807) is 6.20 Å². The molecule has 2 aromatic rings. The van der Waals surface area contributed by atoms with Crippen LogP contribution in [-0.4, -0.2) is 16.7 Å². The number of carbonyl (C=O) groups is 2. The van der Waals surface area contributed by atoms with Crippen LogP contribution in [0.1, 0.15) is 34.1 Å². The molecule has 21 heavy (non-hydrogen) atoms. The molecule has 106 valence electrons. The van der Waals surface area contributed by atoms with Crippen LogP contribution in [0.4, 0.5) is 5.69 Å². The van der Waals surface area contributed by atoms with Gasteiger partial charge in [0.05, 0.1) is 23.5 Å². The van der Waals surface area contributed by atoms with Gasteiger partial charge in [-0.3, -0.25) is 19.5 Å². The van der Waals surface area contributed by atoms with Gasteiger partial charge in [-0.05, 0) is 42.7 Å². The maximum atomic E-state index is 12.2. The van der Waals surface area contributed by atoms with Crippen LogP contribution < -0.4 is 4.90 Å². The van der Waals surface area contributed by atoms with Crippen molar-refractivity contribution < 1.29 is 9.59 Å². The maximum absolute atomic E-state index is 12.2. The van der Waals surface area contributed by atoms with Crippen LogP contribution in [0, 0.1) is 6.92 Å². The number of Topliss-reactive ketones (excluding diaryl/α,β-unsaturated/α-hetero) is 1. The first-order valence-electron chi connectivity index (χ1n) is 7.01. The van der Waals surface area contributed by atoms with Crippen molar-refractivity contribution >= 4 is 17.4 Å². The minimum absolute atomic E-state index is 0.329. The second-order valence-corrected chi connectivity index (χ2v) is 5.19. The Bertz CT molecular complexity index is 737. The normalized spacial score (nSPS) is 13.7. The molecule has 0 atom stereocenters. The quantitative estimate of drug-likeness (QED) is 0.812. The number of nitrogens with zero attached hydrogens (tertiary/aromatic N) is 2. The number of fused-ring (bicyclic) bond motifs is 1. The number of amides is 1. The average Bonchev–Trinajstić information content (AvgIpc) is 2.74. The second kappa shape index (κ2) is 5.13. The number of aromatic nitrogens is 1. The number of benzene rings is 1. The first kappa shape index (κ1) is 13.5. The van der Waals surface area contributed by atoms with Crippen molar-refractivity contribution in [2.45, 2.75) is 26.8 Å². The molecule has 1 aromatic heterocycles. The lowest BCUT2D eigenvalue weighted by Crippen LogP contribution is -2.29.